The molecule has 0 aliphatic carbocycles. The minimum Gasteiger partial charge on any atom is -0.308 e. The lowest BCUT2D eigenvalue weighted by Gasteiger charge is -1.93. The molecular weight excluding hydrogens is 163 g/mol. The van der Waals surface area contributed by atoms with E-state index in [2.05, 4.69) is 0 Å². The highest BCUT2D eigenvalue weighted by molar-refractivity contribution is 5.78. The van der Waals surface area contributed by atoms with E-state index in [9.17, 15) is 14.5 Å². The maximum atomic E-state index is 12.6. The topological polar surface area (TPSA) is 67.0 Å². The maximum absolute atomic E-state index is 12.6. The summed E-state index contributed by atoms with van der Waals surface area (Å²) in [6.07, 6.45) is 0.857. The van der Waals surface area contributed by atoms with E-state index >= 15 is 0 Å². The summed E-state index contributed by atoms with van der Waals surface area (Å²) >= 11 is 0. The zero-order valence-corrected chi connectivity index (χ0v) is 5.95. The molecule has 0 saturated heterocycles. The quantitative estimate of drug-likeness (QED) is 0.415. The van der Waals surface area contributed by atoms with Crippen molar-refractivity contribution in [1.82, 2.24) is 0 Å². The molecule has 0 atom stereocenters. The van der Waals surface area contributed by atoms with Gasteiger partial charge < -0.3 is 5.41 Å². The second kappa shape index (κ2) is 3.08. The molecule has 0 heterocycles. The number of nitrogens with zero attached hydrogens (tertiary/aromatic N) is 1. The van der Waals surface area contributed by atoms with Crippen molar-refractivity contribution in [2.75, 3.05) is 0 Å². The summed E-state index contributed by atoms with van der Waals surface area (Å²) in [7, 11) is 0. The second-order valence-corrected chi connectivity index (χ2v) is 2.14. The van der Waals surface area contributed by atoms with Crippen molar-refractivity contribution in [3.8, 4) is 0 Å². The maximum Gasteiger partial charge on any atom is 0.273 e. The molecule has 0 fully saturated rings. The molecule has 1 rings (SSSR count). The lowest BCUT2D eigenvalue weighted by molar-refractivity contribution is -0.385. The molecule has 0 radical (unpaired) electrons. The molecule has 5 heteroatoms. The Balaban J connectivity index is 3.23. The normalized spacial score (nSPS) is 9.42. The summed E-state index contributed by atoms with van der Waals surface area (Å²) in [6, 6.07) is 3.00. The molecular formula is C7H5FN2O2. The highest BCUT2D eigenvalue weighted by Gasteiger charge is 2.07. The van der Waals surface area contributed by atoms with E-state index in [1.54, 1.807) is 0 Å². The molecule has 12 heavy (non-hydrogen) atoms. The smallest absolute Gasteiger partial charge is 0.273 e. The summed E-state index contributed by atoms with van der Waals surface area (Å²) in [5.41, 5.74) is -0.157. The molecule has 62 valence electrons. The standard InChI is InChI=1S/C7H5FN2O2/c8-6-1-5(4-9)2-7(3-6)10(11)12/h1-4,9H. The third kappa shape index (κ3) is 1.63. The van der Waals surface area contributed by atoms with Crippen LogP contribution in [0.2, 0.25) is 0 Å². The van der Waals surface area contributed by atoms with Crippen molar-refractivity contribution in [2.24, 2.45) is 0 Å². The second-order valence-electron chi connectivity index (χ2n) is 2.14. The van der Waals surface area contributed by atoms with Gasteiger partial charge in [-0.1, -0.05) is 0 Å². The van der Waals surface area contributed by atoms with Crippen LogP contribution in [-0.2, 0) is 0 Å². The lowest BCUT2D eigenvalue weighted by atomic mass is 10.2. The van der Waals surface area contributed by atoms with E-state index in [1.807, 2.05) is 0 Å². The Kier molecular flexibility index (Phi) is 2.14. The van der Waals surface area contributed by atoms with Gasteiger partial charge in [-0.2, -0.15) is 0 Å². The number of rotatable bonds is 2. The summed E-state index contributed by atoms with van der Waals surface area (Å²) in [4.78, 5) is 9.49. The summed E-state index contributed by atoms with van der Waals surface area (Å²) in [5.74, 6) is -0.706. The molecule has 0 aliphatic heterocycles. The minimum absolute atomic E-state index is 0.182. The number of non-ortho nitro benzene ring substituents is 1. The molecule has 0 spiro atoms. The molecule has 4 nitrogen and oxygen atoms in total. The Morgan fingerprint density at radius 1 is 1.50 bits per heavy atom. The van der Waals surface area contributed by atoms with Crippen molar-refractivity contribution >= 4 is 11.9 Å². The SMILES string of the molecule is N=Cc1cc(F)cc([N+](=O)[O-])c1. The van der Waals surface area contributed by atoms with E-state index in [0.29, 0.717) is 0 Å². The van der Waals surface area contributed by atoms with Gasteiger partial charge >= 0.3 is 0 Å². The first-order valence-electron chi connectivity index (χ1n) is 3.09. The van der Waals surface area contributed by atoms with Gasteiger partial charge in [-0.15, -0.1) is 0 Å². The van der Waals surface area contributed by atoms with Crippen LogP contribution >= 0.6 is 0 Å². The fourth-order valence-corrected chi connectivity index (χ4v) is 0.785. The van der Waals surface area contributed by atoms with E-state index in [0.717, 1.165) is 24.4 Å². The van der Waals surface area contributed by atoms with Crippen molar-refractivity contribution < 1.29 is 9.31 Å². The number of hydrogen-bond acceptors (Lipinski definition) is 3. The fourth-order valence-electron chi connectivity index (χ4n) is 0.785. The van der Waals surface area contributed by atoms with Crippen LogP contribution in [0, 0.1) is 21.3 Å². The van der Waals surface area contributed by atoms with Crippen LogP contribution < -0.4 is 0 Å². The zero-order valence-electron chi connectivity index (χ0n) is 5.95. The van der Waals surface area contributed by atoms with Crippen LogP contribution in [-0.4, -0.2) is 11.1 Å². The number of halogens is 1. The van der Waals surface area contributed by atoms with Gasteiger partial charge in [0.05, 0.1) is 11.0 Å². The van der Waals surface area contributed by atoms with E-state index in [-0.39, 0.29) is 11.3 Å². The first-order valence-corrected chi connectivity index (χ1v) is 3.09. The summed E-state index contributed by atoms with van der Waals surface area (Å²) < 4.78 is 12.6. The Morgan fingerprint density at radius 2 is 2.17 bits per heavy atom. The first-order chi connectivity index (χ1) is 5.63. The minimum atomic E-state index is -0.706. The fraction of sp³-hybridized carbons (Fsp3) is 0. The van der Waals surface area contributed by atoms with E-state index in [4.69, 9.17) is 5.41 Å². The Labute approximate surface area is 67.3 Å². The van der Waals surface area contributed by atoms with Gasteiger partial charge in [0.2, 0.25) is 0 Å². The number of hydrogen-bond donors (Lipinski definition) is 1. The third-order valence-electron chi connectivity index (χ3n) is 1.28. The van der Waals surface area contributed by atoms with Gasteiger partial charge in [0.1, 0.15) is 5.82 Å². The highest BCUT2D eigenvalue weighted by atomic mass is 19.1. The van der Waals surface area contributed by atoms with Crippen LogP contribution in [0.25, 0.3) is 0 Å². The predicted molar refractivity (Wildman–Crippen MR) is 40.9 cm³/mol. The van der Waals surface area contributed by atoms with Crippen molar-refractivity contribution in [3.63, 3.8) is 0 Å². The molecule has 1 aromatic rings. The lowest BCUT2D eigenvalue weighted by Crippen LogP contribution is -1.91. The molecule has 0 unspecified atom stereocenters. The van der Waals surface area contributed by atoms with Crippen molar-refractivity contribution in [1.29, 1.82) is 5.41 Å². The van der Waals surface area contributed by atoms with E-state index in [1.165, 1.54) is 0 Å². The molecule has 0 amide bonds. The molecule has 0 bridgehead atoms. The van der Waals surface area contributed by atoms with Crippen LogP contribution in [0.5, 0.6) is 0 Å². The van der Waals surface area contributed by atoms with Crippen LogP contribution in [0.15, 0.2) is 18.2 Å². The summed E-state index contributed by atoms with van der Waals surface area (Å²) in [6.45, 7) is 0. The number of nitro benzene ring substituents is 1. The van der Waals surface area contributed by atoms with Gasteiger partial charge in [0, 0.05) is 17.8 Å². The third-order valence-corrected chi connectivity index (χ3v) is 1.28. The largest absolute Gasteiger partial charge is 0.308 e. The molecule has 0 aliphatic rings. The first kappa shape index (κ1) is 8.32. The Morgan fingerprint density at radius 3 is 2.67 bits per heavy atom. The van der Waals surface area contributed by atoms with Crippen LogP contribution in [0.4, 0.5) is 10.1 Å². The molecule has 1 aromatic carbocycles. The van der Waals surface area contributed by atoms with Crippen molar-refractivity contribution in [3.05, 3.63) is 39.7 Å². The Hall–Kier alpha value is -1.78. The van der Waals surface area contributed by atoms with Crippen LogP contribution in [0.1, 0.15) is 5.56 Å². The van der Waals surface area contributed by atoms with Gasteiger partial charge in [-0.25, -0.2) is 4.39 Å². The highest BCUT2D eigenvalue weighted by Crippen LogP contribution is 2.14. The van der Waals surface area contributed by atoms with E-state index < -0.39 is 10.7 Å². The van der Waals surface area contributed by atoms with Gasteiger partial charge in [0.15, 0.2) is 0 Å². The van der Waals surface area contributed by atoms with Crippen LogP contribution in [0.3, 0.4) is 0 Å². The number of nitrogens with one attached hydrogen (secondary N) is 1. The average Bonchev–Trinajstić information content (AvgIpc) is 2.03. The molecule has 0 aromatic heterocycles. The molecule has 0 saturated carbocycles. The van der Waals surface area contributed by atoms with Gasteiger partial charge in [-0.05, 0) is 6.07 Å². The van der Waals surface area contributed by atoms with Gasteiger partial charge in [0.25, 0.3) is 5.69 Å². The zero-order chi connectivity index (χ0) is 9.14. The monoisotopic (exact) mass is 168 g/mol. The number of benzene rings is 1. The van der Waals surface area contributed by atoms with Crippen molar-refractivity contribution in [2.45, 2.75) is 0 Å². The predicted octanol–water partition coefficient (Wildman–Crippen LogP) is 1.73. The van der Waals surface area contributed by atoms with Gasteiger partial charge in [-0.3, -0.25) is 10.1 Å². The molecule has 1 N–H and O–H groups in total. The average molecular weight is 168 g/mol. The number of nitro groups is 1. The Bertz CT molecular complexity index is 338. The summed E-state index contributed by atoms with van der Waals surface area (Å²) in [5, 5.41) is 16.9.